The number of hydrogen-bond donors (Lipinski definition) is 3. The Morgan fingerprint density at radius 2 is 1.92 bits per heavy atom. The van der Waals surface area contributed by atoms with Gasteiger partial charge in [0.05, 0.1) is 28.3 Å². The van der Waals surface area contributed by atoms with E-state index in [9.17, 15) is 14.4 Å². The number of amides is 1. The van der Waals surface area contributed by atoms with Gasteiger partial charge in [0, 0.05) is 10.7 Å². The molecule has 0 unspecified atom stereocenters. The van der Waals surface area contributed by atoms with E-state index < -0.39 is 5.91 Å². The van der Waals surface area contributed by atoms with Crippen LogP contribution in [-0.4, -0.2) is 25.4 Å². The van der Waals surface area contributed by atoms with Crippen molar-refractivity contribution in [1.82, 2.24) is 19.5 Å². The van der Waals surface area contributed by atoms with Crippen LogP contribution in [0.1, 0.15) is 0 Å². The Balaban J connectivity index is 1.59. The summed E-state index contributed by atoms with van der Waals surface area (Å²) < 4.78 is 1.21. The number of benzene rings is 2. The molecule has 8 nitrogen and oxygen atoms in total. The number of halogens is 1. The summed E-state index contributed by atoms with van der Waals surface area (Å²) in [5.74, 6) is -0.396. The van der Waals surface area contributed by atoms with E-state index in [0.29, 0.717) is 32.6 Å². The molecule has 0 radical (unpaired) electrons. The smallest absolute Gasteiger partial charge is 0.323 e. The summed E-state index contributed by atoms with van der Waals surface area (Å²) in [6, 6.07) is 9.79. The Labute approximate surface area is 150 Å². The highest BCUT2D eigenvalue weighted by Gasteiger charge is 2.10. The molecule has 0 saturated heterocycles. The number of nitrogens with one attached hydrogen (secondary N) is 3. The number of H-pyrrole nitrogens is 2. The first-order chi connectivity index (χ1) is 12.5. The van der Waals surface area contributed by atoms with Crippen molar-refractivity contribution >= 4 is 45.1 Å². The summed E-state index contributed by atoms with van der Waals surface area (Å²) in [6.45, 7) is -0.198. The van der Waals surface area contributed by atoms with E-state index in [1.807, 2.05) is 0 Å². The zero-order valence-corrected chi connectivity index (χ0v) is 14.0. The molecule has 0 fully saturated rings. The van der Waals surface area contributed by atoms with Gasteiger partial charge in [0.15, 0.2) is 0 Å². The van der Waals surface area contributed by atoms with Crippen molar-refractivity contribution < 1.29 is 4.79 Å². The van der Waals surface area contributed by atoms with Crippen LogP contribution in [0.4, 0.5) is 5.69 Å². The van der Waals surface area contributed by atoms with Gasteiger partial charge in [-0.1, -0.05) is 11.6 Å². The molecule has 26 heavy (non-hydrogen) atoms. The zero-order valence-electron chi connectivity index (χ0n) is 13.2. The second kappa shape index (κ2) is 6.16. The van der Waals surface area contributed by atoms with E-state index >= 15 is 0 Å². The fourth-order valence-electron chi connectivity index (χ4n) is 2.71. The van der Waals surface area contributed by atoms with Gasteiger partial charge < -0.3 is 15.3 Å². The van der Waals surface area contributed by atoms with Crippen molar-refractivity contribution in [2.24, 2.45) is 0 Å². The normalized spacial score (nSPS) is 11.1. The van der Waals surface area contributed by atoms with Gasteiger partial charge in [-0.2, -0.15) is 0 Å². The van der Waals surface area contributed by atoms with Crippen LogP contribution >= 0.6 is 11.6 Å². The lowest BCUT2D eigenvalue weighted by Gasteiger charge is -2.08. The Kier molecular flexibility index (Phi) is 3.81. The SMILES string of the molecule is O=C(Cn1cnc2ccc(Cl)cc2c1=O)Nc1ccc2[nH]c(=O)[nH]c2c1. The average molecular weight is 370 g/mol. The highest BCUT2D eigenvalue weighted by molar-refractivity contribution is 6.31. The van der Waals surface area contributed by atoms with Crippen LogP contribution in [0, 0.1) is 0 Å². The van der Waals surface area contributed by atoms with Crippen molar-refractivity contribution in [3.8, 4) is 0 Å². The van der Waals surface area contributed by atoms with Gasteiger partial charge in [0.1, 0.15) is 6.54 Å². The van der Waals surface area contributed by atoms with Crippen LogP contribution in [0.5, 0.6) is 0 Å². The molecule has 0 spiro atoms. The molecule has 9 heteroatoms. The molecule has 2 heterocycles. The largest absolute Gasteiger partial charge is 0.324 e. The molecular formula is C17H12ClN5O3. The van der Waals surface area contributed by atoms with Crippen LogP contribution in [0.3, 0.4) is 0 Å². The third-order valence-corrected chi connectivity index (χ3v) is 4.13. The van der Waals surface area contributed by atoms with E-state index in [-0.39, 0.29) is 17.8 Å². The summed E-state index contributed by atoms with van der Waals surface area (Å²) in [4.78, 5) is 45.4. The number of hydrogen-bond acceptors (Lipinski definition) is 4. The van der Waals surface area contributed by atoms with Gasteiger partial charge in [-0.15, -0.1) is 0 Å². The van der Waals surface area contributed by atoms with Crippen LogP contribution < -0.4 is 16.6 Å². The lowest BCUT2D eigenvalue weighted by molar-refractivity contribution is -0.116. The van der Waals surface area contributed by atoms with Crippen molar-refractivity contribution in [2.75, 3.05) is 5.32 Å². The minimum Gasteiger partial charge on any atom is -0.324 e. The number of aromatic nitrogens is 4. The van der Waals surface area contributed by atoms with Gasteiger partial charge in [0.25, 0.3) is 5.56 Å². The molecule has 2 aromatic heterocycles. The maximum atomic E-state index is 12.5. The third-order valence-electron chi connectivity index (χ3n) is 3.90. The third kappa shape index (κ3) is 2.98. The Hall–Kier alpha value is -3.39. The number of carbonyl (C=O) groups excluding carboxylic acids is 1. The van der Waals surface area contributed by atoms with Crippen molar-refractivity contribution in [2.45, 2.75) is 6.54 Å². The summed E-state index contributed by atoms with van der Waals surface area (Å²) in [5.41, 5.74) is 1.56. The predicted octanol–water partition coefficient (Wildman–Crippen LogP) is 1.86. The van der Waals surface area contributed by atoms with Crippen LogP contribution in [0.15, 0.2) is 52.3 Å². The van der Waals surface area contributed by atoms with Crippen molar-refractivity contribution in [1.29, 1.82) is 0 Å². The van der Waals surface area contributed by atoms with E-state index in [2.05, 4.69) is 20.3 Å². The summed E-state index contributed by atoms with van der Waals surface area (Å²) in [6.07, 6.45) is 1.32. The molecule has 3 N–H and O–H groups in total. The van der Waals surface area contributed by atoms with Gasteiger partial charge in [-0.3, -0.25) is 14.2 Å². The second-order valence-corrected chi connectivity index (χ2v) is 6.16. The number of aromatic amines is 2. The summed E-state index contributed by atoms with van der Waals surface area (Å²) >= 11 is 5.92. The first kappa shape index (κ1) is 16.1. The van der Waals surface area contributed by atoms with Crippen molar-refractivity contribution in [3.63, 3.8) is 0 Å². The first-order valence-electron chi connectivity index (χ1n) is 7.66. The lowest BCUT2D eigenvalue weighted by Crippen LogP contribution is -2.27. The summed E-state index contributed by atoms with van der Waals surface area (Å²) in [7, 11) is 0. The van der Waals surface area contributed by atoms with Gasteiger partial charge >= 0.3 is 5.69 Å². The first-order valence-corrected chi connectivity index (χ1v) is 8.04. The number of imidazole rings is 1. The molecule has 2 aromatic carbocycles. The quantitative estimate of drug-likeness (QED) is 0.511. The van der Waals surface area contributed by atoms with E-state index in [1.54, 1.807) is 30.3 Å². The topological polar surface area (TPSA) is 113 Å². The maximum Gasteiger partial charge on any atom is 0.323 e. The van der Waals surface area contributed by atoms with Crippen LogP contribution in [-0.2, 0) is 11.3 Å². The van der Waals surface area contributed by atoms with E-state index in [0.717, 1.165) is 0 Å². The van der Waals surface area contributed by atoms with Gasteiger partial charge in [-0.25, -0.2) is 9.78 Å². The zero-order chi connectivity index (χ0) is 18.3. The Morgan fingerprint density at radius 3 is 2.77 bits per heavy atom. The highest BCUT2D eigenvalue weighted by Crippen LogP contribution is 2.15. The molecule has 0 aliphatic carbocycles. The number of rotatable bonds is 3. The minimum absolute atomic E-state index is 0.198. The molecule has 4 rings (SSSR count). The minimum atomic E-state index is -0.396. The fourth-order valence-corrected chi connectivity index (χ4v) is 2.88. The Morgan fingerprint density at radius 1 is 1.12 bits per heavy atom. The lowest BCUT2D eigenvalue weighted by atomic mass is 10.2. The average Bonchev–Trinajstić information content (AvgIpc) is 2.97. The number of anilines is 1. The molecule has 0 aliphatic rings. The Bertz CT molecular complexity index is 1270. The fraction of sp³-hybridized carbons (Fsp3) is 0.0588. The number of nitrogens with zero attached hydrogens (tertiary/aromatic N) is 2. The highest BCUT2D eigenvalue weighted by atomic mass is 35.5. The summed E-state index contributed by atoms with van der Waals surface area (Å²) in [5, 5.41) is 3.46. The van der Waals surface area contributed by atoms with Gasteiger partial charge in [-0.05, 0) is 36.4 Å². The molecular weight excluding hydrogens is 358 g/mol. The van der Waals surface area contributed by atoms with E-state index in [4.69, 9.17) is 11.6 Å². The van der Waals surface area contributed by atoms with Crippen LogP contribution in [0.2, 0.25) is 5.02 Å². The molecule has 1 amide bonds. The molecule has 0 atom stereocenters. The van der Waals surface area contributed by atoms with Crippen molar-refractivity contribution in [3.05, 3.63) is 68.6 Å². The molecule has 130 valence electrons. The molecule has 0 aliphatic heterocycles. The number of carbonyl (C=O) groups is 1. The molecule has 4 aromatic rings. The molecule has 0 saturated carbocycles. The second-order valence-electron chi connectivity index (χ2n) is 5.73. The predicted molar refractivity (Wildman–Crippen MR) is 98.6 cm³/mol. The molecule has 0 bridgehead atoms. The van der Waals surface area contributed by atoms with Gasteiger partial charge in [0.2, 0.25) is 5.91 Å². The van der Waals surface area contributed by atoms with E-state index in [1.165, 1.54) is 17.0 Å². The monoisotopic (exact) mass is 369 g/mol. The standard InChI is InChI=1S/C17H12ClN5O3/c18-9-1-3-12-11(5-9)16(25)23(8-19-12)7-15(24)20-10-2-4-13-14(6-10)22-17(26)21-13/h1-6,8H,7H2,(H,20,24)(H2,21,22,26). The maximum absolute atomic E-state index is 12.5. The number of fused-ring (bicyclic) bond motifs is 2. The van der Waals surface area contributed by atoms with Crippen LogP contribution in [0.25, 0.3) is 21.9 Å².